The van der Waals surface area contributed by atoms with Gasteiger partial charge in [-0.1, -0.05) is 103 Å². The summed E-state index contributed by atoms with van der Waals surface area (Å²) in [6.07, 6.45) is 0. The Kier molecular flexibility index (Phi) is 5.52. The van der Waals surface area contributed by atoms with Gasteiger partial charge < -0.3 is 5.32 Å². The summed E-state index contributed by atoms with van der Waals surface area (Å²) in [4.78, 5) is 0. The number of hydrogen-bond acceptors (Lipinski definition) is 1. The van der Waals surface area contributed by atoms with Crippen LogP contribution in [0.2, 0.25) is 0 Å². The smallest absolute Gasteiger partial charge is 0.114 e. The van der Waals surface area contributed by atoms with Crippen molar-refractivity contribution < 1.29 is 0 Å². The van der Waals surface area contributed by atoms with Crippen molar-refractivity contribution in [3.8, 4) is 23.0 Å². The van der Waals surface area contributed by atoms with Crippen molar-refractivity contribution in [2.24, 2.45) is 0 Å². The van der Waals surface area contributed by atoms with Crippen LogP contribution in [-0.2, 0) is 0 Å². The van der Waals surface area contributed by atoms with Gasteiger partial charge in [-0.25, -0.2) is 0 Å². The Bertz CT molecular complexity index is 1060. The fourth-order valence-electron chi connectivity index (χ4n) is 3.08. The molecule has 4 aromatic carbocycles. The maximum atomic E-state index is 3.55. The van der Waals surface area contributed by atoms with Crippen molar-refractivity contribution in [2.45, 2.75) is 6.04 Å². The van der Waals surface area contributed by atoms with Crippen molar-refractivity contribution in [3.05, 3.63) is 126 Å². The zero-order valence-corrected chi connectivity index (χ0v) is 15.5. The van der Waals surface area contributed by atoms with Gasteiger partial charge in [0.05, 0.1) is 0 Å². The highest BCUT2D eigenvalue weighted by atomic mass is 14.9. The monoisotopic (exact) mass is 359 g/mol. The second-order valence-electron chi connectivity index (χ2n) is 6.57. The van der Waals surface area contributed by atoms with Gasteiger partial charge in [0, 0.05) is 11.3 Å². The lowest BCUT2D eigenvalue weighted by Crippen LogP contribution is -2.08. The first-order valence-corrected chi connectivity index (χ1v) is 9.42. The second kappa shape index (κ2) is 8.75. The molecule has 134 valence electrons. The maximum Gasteiger partial charge on any atom is 0.114 e. The van der Waals surface area contributed by atoms with E-state index in [1.807, 2.05) is 54.6 Å². The fourth-order valence-corrected chi connectivity index (χ4v) is 3.08. The number of anilines is 1. The molecule has 1 nitrogen and oxygen atoms in total. The number of para-hydroxylation sites is 1. The quantitative estimate of drug-likeness (QED) is 0.407. The zero-order valence-electron chi connectivity index (χ0n) is 15.5. The minimum atomic E-state index is -0.0903. The molecule has 0 aliphatic rings. The molecule has 1 unspecified atom stereocenters. The van der Waals surface area contributed by atoms with Gasteiger partial charge in [-0.15, -0.1) is 0 Å². The lowest BCUT2D eigenvalue weighted by molar-refractivity contribution is 1.02. The molecule has 0 heterocycles. The van der Waals surface area contributed by atoms with Gasteiger partial charge in [0.1, 0.15) is 6.04 Å². The molecule has 4 aromatic rings. The van der Waals surface area contributed by atoms with Crippen molar-refractivity contribution in [2.75, 3.05) is 5.32 Å². The van der Waals surface area contributed by atoms with E-state index in [4.69, 9.17) is 0 Å². The van der Waals surface area contributed by atoms with Gasteiger partial charge >= 0.3 is 0 Å². The predicted molar refractivity (Wildman–Crippen MR) is 118 cm³/mol. The molecule has 0 saturated carbocycles. The van der Waals surface area contributed by atoms with E-state index in [9.17, 15) is 0 Å². The summed E-state index contributed by atoms with van der Waals surface area (Å²) in [7, 11) is 0. The van der Waals surface area contributed by atoms with Crippen molar-refractivity contribution >= 4 is 5.69 Å². The summed E-state index contributed by atoms with van der Waals surface area (Å²) in [5.74, 6) is 6.70. The molecule has 1 atom stereocenters. The molecule has 0 radical (unpaired) electrons. The van der Waals surface area contributed by atoms with Crippen LogP contribution in [0.3, 0.4) is 0 Å². The average molecular weight is 359 g/mol. The third kappa shape index (κ3) is 4.50. The Morgan fingerprint density at radius 3 is 1.71 bits per heavy atom. The van der Waals surface area contributed by atoms with Crippen molar-refractivity contribution in [1.29, 1.82) is 0 Å². The lowest BCUT2D eigenvalue weighted by Gasteiger charge is -2.16. The summed E-state index contributed by atoms with van der Waals surface area (Å²) < 4.78 is 0. The molecular weight excluding hydrogens is 338 g/mol. The average Bonchev–Trinajstić information content (AvgIpc) is 2.79. The first-order valence-electron chi connectivity index (χ1n) is 9.42. The van der Waals surface area contributed by atoms with Gasteiger partial charge in [-0.3, -0.25) is 0 Å². The Morgan fingerprint density at radius 2 is 1.07 bits per heavy atom. The zero-order chi connectivity index (χ0) is 19.0. The van der Waals surface area contributed by atoms with Crippen LogP contribution in [0.1, 0.15) is 17.2 Å². The van der Waals surface area contributed by atoms with Gasteiger partial charge in [-0.05, 0) is 41.0 Å². The minimum absolute atomic E-state index is 0.0903. The first kappa shape index (κ1) is 17.6. The molecule has 0 bridgehead atoms. The second-order valence-corrected chi connectivity index (χ2v) is 6.57. The van der Waals surface area contributed by atoms with Crippen LogP contribution in [0.4, 0.5) is 5.69 Å². The number of rotatable bonds is 4. The van der Waals surface area contributed by atoms with E-state index >= 15 is 0 Å². The third-order valence-corrected chi connectivity index (χ3v) is 4.57. The van der Waals surface area contributed by atoms with E-state index < -0.39 is 0 Å². The number of hydrogen-bond donors (Lipinski definition) is 1. The van der Waals surface area contributed by atoms with Crippen LogP contribution in [0.25, 0.3) is 11.1 Å². The summed E-state index contributed by atoms with van der Waals surface area (Å²) in [6, 6.07) is 39.3. The highest BCUT2D eigenvalue weighted by Crippen LogP contribution is 2.24. The third-order valence-electron chi connectivity index (χ3n) is 4.57. The van der Waals surface area contributed by atoms with Crippen LogP contribution in [-0.4, -0.2) is 0 Å². The SMILES string of the molecule is C(#CC(Nc1ccccc1)c1ccc(-c2ccccc2)cc1)c1ccccc1. The lowest BCUT2D eigenvalue weighted by atomic mass is 10.0. The van der Waals surface area contributed by atoms with Crippen LogP contribution >= 0.6 is 0 Å². The molecule has 0 aromatic heterocycles. The van der Waals surface area contributed by atoms with Crippen molar-refractivity contribution in [1.82, 2.24) is 0 Å². The summed E-state index contributed by atoms with van der Waals surface area (Å²) in [5.41, 5.74) is 5.65. The molecule has 1 N–H and O–H groups in total. The normalized spacial score (nSPS) is 11.1. The Balaban J connectivity index is 1.64. The molecule has 0 saturated heterocycles. The largest absolute Gasteiger partial charge is 0.368 e. The number of nitrogens with one attached hydrogen (secondary N) is 1. The predicted octanol–water partition coefficient (Wildman–Crippen LogP) is 6.56. The molecule has 0 spiro atoms. The maximum absolute atomic E-state index is 3.55. The molecular formula is C27H21N. The molecule has 0 aliphatic carbocycles. The van der Waals surface area contributed by atoms with Crippen LogP contribution < -0.4 is 5.32 Å². The fraction of sp³-hybridized carbons (Fsp3) is 0.0370. The topological polar surface area (TPSA) is 12.0 Å². The summed E-state index contributed by atoms with van der Waals surface area (Å²) in [5, 5.41) is 3.55. The summed E-state index contributed by atoms with van der Waals surface area (Å²) >= 11 is 0. The molecule has 28 heavy (non-hydrogen) atoms. The minimum Gasteiger partial charge on any atom is -0.368 e. The Morgan fingerprint density at radius 1 is 0.536 bits per heavy atom. The van der Waals surface area contributed by atoms with Crippen LogP contribution in [0.5, 0.6) is 0 Å². The van der Waals surface area contributed by atoms with E-state index in [2.05, 4.69) is 77.8 Å². The highest BCUT2D eigenvalue weighted by Gasteiger charge is 2.09. The van der Waals surface area contributed by atoms with Crippen molar-refractivity contribution in [3.63, 3.8) is 0 Å². The Hall–Kier alpha value is -3.76. The summed E-state index contributed by atoms with van der Waals surface area (Å²) in [6.45, 7) is 0. The van der Waals surface area contributed by atoms with Crippen LogP contribution in [0.15, 0.2) is 115 Å². The van der Waals surface area contributed by atoms with E-state index in [0.717, 1.165) is 16.8 Å². The first-order chi connectivity index (χ1) is 13.9. The molecule has 0 fully saturated rings. The van der Waals surface area contributed by atoms with E-state index in [1.165, 1.54) is 11.1 Å². The van der Waals surface area contributed by atoms with E-state index in [1.54, 1.807) is 0 Å². The highest BCUT2D eigenvalue weighted by molar-refractivity contribution is 5.64. The van der Waals surface area contributed by atoms with Gasteiger partial charge in [-0.2, -0.15) is 0 Å². The van der Waals surface area contributed by atoms with E-state index in [-0.39, 0.29) is 6.04 Å². The molecule has 4 rings (SSSR count). The van der Waals surface area contributed by atoms with Crippen LogP contribution in [0, 0.1) is 11.8 Å². The Labute approximate surface area is 166 Å². The van der Waals surface area contributed by atoms with Gasteiger partial charge in [0.15, 0.2) is 0 Å². The molecule has 0 aliphatic heterocycles. The van der Waals surface area contributed by atoms with Gasteiger partial charge in [0.2, 0.25) is 0 Å². The van der Waals surface area contributed by atoms with E-state index in [0.29, 0.717) is 0 Å². The molecule has 1 heteroatoms. The van der Waals surface area contributed by atoms with Gasteiger partial charge in [0.25, 0.3) is 0 Å². The molecule has 0 amide bonds. The standard InChI is InChI=1S/C27H21N/c1-4-10-22(11-5-1)16-21-27(28-26-14-8-3-9-15-26)25-19-17-24(18-20-25)23-12-6-2-7-13-23/h1-15,17-20,27-28H. The number of benzene rings is 4.